The molecule has 1 N–H and O–H groups in total. The van der Waals surface area contributed by atoms with Crippen LogP contribution in [0.4, 0.5) is 0 Å². The van der Waals surface area contributed by atoms with Crippen LogP contribution in [0.3, 0.4) is 0 Å². The number of benzene rings is 2. The predicted molar refractivity (Wildman–Crippen MR) is 126 cm³/mol. The molecule has 0 spiro atoms. The van der Waals surface area contributed by atoms with Gasteiger partial charge in [0.25, 0.3) is 0 Å². The summed E-state index contributed by atoms with van der Waals surface area (Å²) in [6, 6.07) is 19.0. The first kappa shape index (κ1) is 23.3. The highest BCUT2D eigenvalue weighted by Crippen LogP contribution is 2.26. The molecule has 1 saturated heterocycles. The molecular formula is C26H30N2O5. The molecule has 2 heterocycles. The molecule has 7 nitrogen and oxygen atoms in total. The highest BCUT2D eigenvalue weighted by molar-refractivity contribution is 6.04. The number of rotatable bonds is 7. The number of aliphatic hydroxyl groups excluding tert-OH is 1. The SMILES string of the molecule is C[C@H]1OC(OCCOC(=O)c2cc(-c3ccccc3)nc3ccccc23)C[C@@H](N(C)C)[C@@H]1O. The van der Waals surface area contributed by atoms with Crippen molar-refractivity contribution in [3.8, 4) is 11.3 Å². The Balaban J connectivity index is 1.41. The predicted octanol–water partition coefficient (Wildman–Crippen LogP) is 3.50. The summed E-state index contributed by atoms with van der Waals surface area (Å²) in [6.07, 6.45) is -0.822. The van der Waals surface area contributed by atoms with Crippen LogP contribution >= 0.6 is 0 Å². The summed E-state index contributed by atoms with van der Waals surface area (Å²) in [5.41, 5.74) is 2.86. The van der Waals surface area contributed by atoms with Gasteiger partial charge in [-0.3, -0.25) is 0 Å². The molecule has 1 aromatic heterocycles. The maximum atomic E-state index is 13.0. The Kier molecular flexibility index (Phi) is 7.35. The van der Waals surface area contributed by atoms with Crippen LogP contribution in [0.25, 0.3) is 22.2 Å². The van der Waals surface area contributed by atoms with E-state index in [-0.39, 0.29) is 25.4 Å². The van der Waals surface area contributed by atoms with Crippen LogP contribution in [-0.4, -0.2) is 72.8 Å². The molecular weight excluding hydrogens is 420 g/mol. The lowest BCUT2D eigenvalue weighted by molar-refractivity contribution is -0.236. The van der Waals surface area contributed by atoms with Gasteiger partial charge in [-0.15, -0.1) is 0 Å². The Morgan fingerprint density at radius 2 is 1.85 bits per heavy atom. The third-order valence-corrected chi connectivity index (χ3v) is 5.96. The smallest absolute Gasteiger partial charge is 0.338 e. The standard InChI is InChI=1S/C26H30N2O5/c1-17-25(29)23(28(2)3)16-24(33-17)31-13-14-32-26(30)20-15-22(18-9-5-4-6-10-18)27-21-12-8-7-11-19(20)21/h4-12,15,17,23-25,29H,13-14,16H2,1-3H3/t17-,23-,24?,25-/m1/s1. The fourth-order valence-corrected chi connectivity index (χ4v) is 4.14. The Hall–Kier alpha value is -2.84. The second kappa shape index (κ2) is 10.4. The third kappa shape index (κ3) is 5.39. The van der Waals surface area contributed by atoms with Gasteiger partial charge in [0.15, 0.2) is 6.29 Å². The molecule has 1 fully saturated rings. The maximum absolute atomic E-state index is 13.0. The zero-order chi connectivity index (χ0) is 23.4. The normalized spacial score (nSPS) is 23.1. The van der Waals surface area contributed by atoms with E-state index >= 15 is 0 Å². The number of carbonyl (C=O) groups excluding carboxylic acids is 1. The zero-order valence-electron chi connectivity index (χ0n) is 19.2. The number of aliphatic hydroxyl groups is 1. The number of carbonyl (C=O) groups is 1. The first-order valence-electron chi connectivity index (χ1n) is 11.2. The van der Waals surface area contributed by atoms with Crippen LogP contribution in [0.15, 0.2) is 60.7 Å². The van der Waals surface area contributed by atoms with E-state index in [2.05, 4.69) is 0 Å². The lowest BCUT2D eigenvalue weighted by Crippen LogP contribution is -2.53. The van der Waals surface area contributed by atoms with Gasteiger partial charge in [0, 0.05) is 23.4 Å². The Labute approximate surface area is 193 Å². The number of esters is 1. The average molecular weight is 451 g/mol. The molecule has 1 aliphatic heterocycles. The highest BCUT2D eigenvalue weighted by Gasteiger charge is 2.36. The zero-order valence-corrected chi connectivity index (χ0v) is 19.2. The lowest BCUT2D eigenvalue weighted by atomic mass is 9.99. The van der Waals surface area contributed by atoms with Gasteiger partial charge in [-0.1, -0.05) is 48.5 Å². The van der Waals surface area contributed by atoms with E-state index in [1.54, 1.807) is 6.07 Å². The highest BCUT2D eigenvalue weighted by atomic mass is 16.7. The van der Waals surface area contributed by atoms with Crippen LogP contribution in [0.1, 0.15) is 23.7 Å². The molecule has 2 aromatic carbocycles. The van der Waals surface area contributed by atoms with Crippen molar-refractivity contribution in [2.45, 2.75) is 37.9 Å². The second-order valence-corrected chi connectivity index (χ2v) is 8.47. The molecule has 1 unspecified atom stereocenters. The van der Waals surface area contributed by atoms with E-state index in [0.717, 1.165) is 22.2 Å². The minimum atomic E-state index is -0.573. The van der Waals surface area contributed by atoms with Gasteiger partial charge < -0.3 is 24.2 Å². The molecule has 0 amide bonds. The second-order valence-electron chi connectivity index (χ2n) is 8.47. The van der Waals surface area contributed by atoms with Crippen molar-refractivity contribution in [2.75, 3.05) is 27.3 Å². The quantitative estimate of drug-likeness (QED) is 0.436. The van der Waals surface area contributed by atoms with E-state index in [0.29, 0.717) is 12.0 Å². The van der Waals surface area contributed by atoms with Crippen LogP contribution in [0.2, 0.25) is 0 Å². The summed E-state index contributed by atoms with van der Waals surface area (Å²) in [6.45, 7) is 2.13. The minimum Gasteiger partial charge on any atom is -0.460 e. The van der Waals surface area contributed by atoms with Gasteiger partial charge in [0.2, 0.25) is 0 Å². The van der Waals surface area contributed by atoms with Gasteiger partial charge in [-0.25, -0.2) is 9.78 Å². The number of hydrogen-bond acceptors (Lipinski definition) is 7. The summed E-state index contributed by atoms with van der Waals surface area (Å²) in [4.78, 5) is 19.6. The number of hydrogen-bond donors (Lipinski definition) is 1. The Morgan fingerprint density at radius 3 is 2.61 bits per heavy atom. The first-order valence-corrected chi connectivity index (χ1v) is 11.2. The fourth-order valence-electron chi connectivity index (χ4n) is 4.14. The molecule has 1 aliphatic rings. The maximum Gasteiger partial charge on any atom is 0.338 e. The molecule has 174 valence electrons. The van der Waals surface area contributed by atoms with Crippen molar-refractivity contribution >= 4 is 16.9 Å². The van der Waals surface area contributed by atoms with E-state index in [1.807, 2.05) is 80.5 Å². The first-order chi connectivity index (χ1) is 15.9. The number of aromatic nitrogens is 1. The van der Waals surface area contributed by atoms with Crippen molar-refractivity contribution in [2.24, 2.45) is 0 Å². The average Bonchev–Trinajstić information content (AvgIpc) is 2.83. The van der Waals surface area contributed by atoms with Gasteiger partial charge in [-0.05, 0) is 33.2 Å². The van der Waals surface area contributed by atoms with Crippen molar-refractivity contribution in [1.29, 1.82) is 0 Å². The van der Waals surface area contributed by atoms with Crippen LogP contribution in [0.5, 0.6) is 0 Å². The molecule has 3 aromatic rings. The summed E-state index contributed by atoms with van der Waals surface area (Å²) in [7, 11) is 3.85. The largest absolute Gasteiger partial charge is 0.460 e. The Morgan fingerprint density at radius 1 is 1.12 bits per heavy atom. The topological polar surface area (TPSA) is 81.1 Å². The molecule has 0 bridgehead atoms. The molecule has 4 atom stereocenters. The number of likely N-dealkylation sites (N-methyl/N-ethyl adjacent to an activating group) is 1. The fraction of sp³-hybridized carbons (Fsp3) is 0.385. The van der Waals surface area contributed by atoms with E-state index in [4.69, 9.17) is 19.2 Å². The van der Waals surface area contributed by atoms with Crippen LogP contribution in [0, 0.1) is 0 Å². The van der Waals surface area contributed by atoms with Crippen molar-refractivity contribution in [3.63, 3.8) is 0 Å². The minimum absolute atomic E-state index is 0.0547. The summed E-state index contributed by atoms with van der Waals surface area (Å²) >= 11 is 0. The summed E-state index contributed by atoms with van der Waals surface area (Å²) in [5, 5.41) is 11.0. The molecule has 33 heavy (non-hydrogen) atoms. The number of nitrogens with zero attached hydrogens (tertiary/aromatic N) is 2. The van der Waals surface area contributed by atoms with E-state index in [9.17, 15) is 9.90 Å². The molecule has 7 heteroatoms. The van der Waals surface area contributed by atoms with Crippen molar-refractivity contribution in [1.82, 2.24) is 9.88 Å². The molecule has 0 radical (unpaired) electrons. The van der Waals surface area contributed by atoms with E-state index in [1.165, 1.54) is 0 Å². The van der Waals surface area contributed by atoms with Crippen molar-refractivity contribution < 1.29 is 24.1 Å². The number of fused-ring (bicyclic) bond motifs is 1. The monoisotopic (exact) mass is 450 g/mol. The van der Waals surface area contributed by atoms with Gasteiger partial charge >= 0.3 is 5.97 Å². The number of ether oxygens (including phenoxy) is 3. The van der Waals surface area contributed by atoms with Gasteiger partial charge in [-0.2, -0.15) is 0 Å². The molecule has 4 rings (SSSR count). The Bertz CT molecular complexity index is 1090. The summed E-state index contributed by atoms with van der Waals surface area (Å²) < 4.78 is 17.1. The number of para-hydroxylation sites is 1. The van der Waals surface area contributed by atoms with E-state index < -0.39 is 18.4 Å². The van der Waals surface area contributed by atoms with Gasteiger partial charge in [0.1, 0.15) is 6.61 Å². The summed E-state index contributed by atoms with van der Waals surface area (Å²) in [5.74, 6) is -0.422. The van der Waals surface area contributed by atoms with Crippen molar-refractivity contribution in [3.05, 3.63) is 66.2 Å². The third-order valence-electron chi connectivity index (χ3n) is 5.96. The lowest BCUT2D eigenvalue weighted by Gasteiger charge is -2.40. The van der Waals surface area contributed by atoms with Crippen LogP contribution < -0.4 is 0 Å². The van der Waals surface area contributed by atoms with Gasteiger partial charge in [0.05, 0.1) is 35.6 Å². The van der Waals surface area contributed by atoms with Crippen LogP contribution in [-0.2, 0) is 14.2 Å². The number of pyridine rings is 1. The molecule has 0 saturated carbocycles. The molecule has 0 aliphatic carbocycles.